The van der Waals surface area contributed by atoms with E-state index < -0.39 is 5.54 Å². The Hall–Kier alpha value is -2.17. The number of benzene rings is 2. The van der Waals surface area contributed by atoms with E-state index in [0.29, 0.717) is 6.61 Å². The third kappa shape index (κ3) is 2.89. The largest absolute Gasteiger partial charge is 0.468 e. The average Bonchev–Trinajstić information content (AvgIpc) is 3.32. The van der Waals surface area contributed by atoms with Crippen LogP contribution in [0.25, 0.3) is 0 Å². The van der Waals surface area contributed by atoms with Gasteiger partial charge in [-0.3, -0.25) is 5.32 Å². The van der Waals surface area contributed by atoms with Crippen LogP contribution in [-0.4, -0.2) is 25.2 Å². The number of methoxy groups -OCH3 is 1. The van der Waals surface area contributed by atoms with Crippen LogP contribution in [0.15, 0.2) is 60.7 Å². The molecule has 3 rings (SSSR count). The first-order valence-corrected chi connectivity index (χ1v) is 7.29. The monoisotopic (exact) mass is 297 g/mol. The van der Waals surface area contributed by atoms with Gasteiger partial charge >= 0.3 is 5.97 Å². The lowest BCUT2D eigenvalue weighted by Crippen LogP contribution is -2.35. The molecule has 1 aliphatic heterocycles. The van der Waals surface area contributed by atoms with E-state index in [1.807, 2.05) is 60.7 Å². The Bertz CT molecular complexity index is 629. The molecule has 1 aliphatic rings. The summed E-state index contributed by atoms with van der Waals surface area (Å²) in [5.74, 6) is -0.283. The number of nitrogens with one attached hydrogen (secondary N) is 1. The fourth-order valence-corrected chi connectivity index (χ4v) is 2.68. The van der Waals surface area contributed by atoms with Gasteiger partial charge in [-0.2, -0.15) is 0 Å². The minimum atomic E-state index is -0.773. The van der Waals surface area contributed by atoms with Crippen LogP contribution in [0.1, 0.15) is 17.2 Å². The van der Waals surface area contributed by atoms with Gasteiger partial charge in [0.25, 0.3) is 0 Å². The summed E-state index contributed by atoms with van der Waals surface area (Å²) in [7, 11) is 1.41. The minimum absolute atomic E-state index is 0.0584. The van der Waals surface area contributed by atoms with E-state index in [4.69, 9.17) is 9.47 Å². The summed E-state index contributed by atoms with van der Waals surface area (Å²) < 4.78 is 10.7. The first-order chi connectivity index (χ1) is 10.8. The molecule has 0 spiro atoms. The zero-order chi connectivity index (χ0) is 15.4. The van der Waals surface area contributed by atoms with Gasteiger partial charge in [-0.15, -0.1) is 0 Å². The van der Waals surface area contributed by atoms with Crippen molar-refractivity contribution < 1.29 is 14.3 Å². The summed E-state index contributed by atoms with van der Waals surface area (Å²) >= 11 is 0. The molecule has 4 nitrogen and oxygen atoms in total. The zero-order valence-electron chi connectivity index (χ0n) is 12.5. The SMILES string of the molecule is COC(=O)[C@]1(COCc2ccccc2)N[C@H]1c1ccccc1. The summed E-state index contributed by atoms with van der Waals surface area (Å²) in [6.07, 6.45) is 0. The maximum atomic E-state index is 12.2. The Morgan fingerprint density at radius 3 is 2.36 bits per heavy atom. The molecule has 0 saturated carbocycles. The molecule has 1 N–H and O–H groups in total. The number of ether oxygens (including phenoxy) is 2. The molecule has 0 aromatic heterocycles. The lowest BCUT2D eigenvalue weighted by Gasteiger charge is -2.13. The summed E-state index contributed by atoms with van der Waals surface area (Å²) in [5.41, 5.74) is 1.38. The molecule has 114 valence electrons. The van der Waals surface area contributed by atoms with Gasteiger partial charge in [-0.1, -0.05) is 60.7 Å². The number of rotatable bonds is 6. The predicted molar refractivity (Wildman–Crippen MR) is 83.2 cm³/mol. The third-order valence-electron chi connectivity index (χ3n) is 3.94. The topological polar surface area (TPSA) is 57.5 Å². The summed E-state index contributed by atoms with van der Waals surface area (Å²) in [5, 5.41) is 3.24. The van der Waals surface area contributed by atoms with Crippen LogP contribution in [0.3, 0.4) is 0 Å². The van der Waals surface area contributed by atoms with Crippen molar-refractivity contribution in [3.63, 3.8) is 0 Å². The van der Waals surface area contributed by atoms with Gasteiger partial charge in [0.15, 0.2) is 5.54 Å². The van der Waals surface area contributed by atoms with Crippen LogP contribution in [-0.2, 0) is 20.9 Å². The van der Waals surface area contributed by atoms with Gasteiger partial charge in [0.05, 0.1) is 26.4 Å². The van der Waals surface area contributed by atoms with Crippen LogP contribution >= 0.6 is 0 Å². The molecule has 1 saturated heterocycles. The van der Waals surface area contributed by atoms with Gasteiger partial charge in [-0.25, -0.2) is 4.79 Å². The summed E-state index contributed by atoms with van der Waals surface area (Å²) in [4.78, 5) is 12.2. The Balaban J connectivity index is 1.66. The second-order valence-electron chi connectivity index (χ2n) is 5.43. The van der Waals surface area contributed by atoms with E-state index >= 15 is 0 Å². The van der Waals surface area contributed by atoms with Crippen LogP contribution < -0.4 is 5.32 Å². The molecular weight excluding hydrogens is 278 g/mol. The van der Waals surface area contributed by atoms with Gasteiger partial charge in [0.1, 0.15) is 0 Å². The van der Waals surface area contributed by atoms with Crippen molar-refractivity contribution in [1.29, 1.82) is 0 Å². The molecule has 2 atom stereocenters. The number of hydrogen-bond acceptors (Lipinski definition) is 4. The van der Waals surface area contributed by atoms with Crippen molar-refractivity contribution in [3.8, 4) is 0 Å². The van der Waals surface area contributed by atoms with Crippen molar-refractivity contribution in [1.82, 2.24) is 5.32 Å². The Kier molecular flexibility index (Phi) is 4.22. The van der Waals surface area contributed by atoms with Crippen molar-refractivity contribution in [2.45, 2.75) is 18.2 Å². The van der Waals surface area contributed by atoms with Crippen molar-refractivity contribution in [2.24, 2.45) is 0 Å². The van der Waals surface area contributed by atoms with Gasteiger partial charge in [-0.05, 0) is 11.1 Å². The molecule has 2 aromatic rings. The number of carbonyl (C=O) groups excluding carboxylic acids is 1. The van der Waals surface area contributed by atoms with E-state index in [-0.39, 0.29) is 18.6 Å². The van der Waals surface area contributed by atoms with E-state index in [1.54, 1.807) is 0 Å². The smallest absolute Gasteiger partial charge is 0.330 e. The number of hydrogen-bond donors (Lipinski definition) is 1. The average molecular weight is 297 g/mol. The van der Waals surface area contributed by atoms with E-state index in [2.05, 4.69) is 5.32 Å². The summed E-state index contributed by atoms with van der Waals surface area (Å²) in [6, 6.07) is 19.7. The maximum absolute atomic E-state index is 12.2. The highest BCUT2D eigenvalue weighted by Crippen LogP contribution is 2.42. The normalized spacial score (nSPS) is 23.0. The number of esters is 1. The van der Waals surface area contributed by atoms with E-state index in [9.17, 15) is 4.79 Å². The van der Waals surface area contributed by atoms with E-state index in [0.717, 1.165) is 11.1 Å². The molecular formula is C18H19NO3. The van der Waals surface area contributed by atoms with Gasteiger partial charge in [0, 0.05) is 0 Å². The highest BCUT2D eigenvalue weighted by molar-refractivity contribution is 5.86. The highest BCUT2D eigenvalue weighted by atomic mass is 16.5. The molecule has 0 bridgehead atoms. The standard InChI is InChI=1S/C18H19NO3/c1-21-17(20)18(13-22-12-14-8-4-2-5-9-14)16(19-18)15-10-6-3-7-11-15/h2-11,16,19H,12-13H2,1H3/t16-,18+/m0/s1. The molecule has 1 heterocycles. The Morgan fingerprint density at radius 1 is 1.09 bits per heavy atom. The molecule has 22 heavy (non-hydrogen) atoms. The fraction of sp³-hybridized carbons (Fsp3) is 0.278. The first kappa shape index (κ1) is 14.8. The maximum Gasteiger partial charge on any atom is 0.330 e. The van der Waals surface area contributed by atoms with E-state index in [1.165, 1.54) is 7.11 Å². The van der Waals surface area contributed by atoms with Crippen molar-refractivity contribution >= 4 is 5.97 Å². The van der Waals surface area contributed by atoms with Crippen LogP contribution in [0, 0.1) is 0 Å². The second kappa shape index (κ2) is 6.30. The molecule has 2 aromatic carbocycles. The molecule has 0 radical (unpaired) electrons. The predicted octanol–water partition coefficient (Wildman–Crippen LogP) is 2.46. The van der Waals surface area contributed by atoms with Crippen molar-refractivity contribution in [2.75, 3.05) is 13.7 Å². The quantitative estimate of drug-likeness (QED) is 0.657. The van der Waals surface area contributed by atoms with Gasteiger partial charge in [0.2, 0.25) is 0 Å². The Labute approximate surface area is 130 Å². The Morgan fingerprint density at radius 2 is 1.73 bits per heavy atom. The summed E-state index contributed by atoms with van der Waals surface area (Å²) in [6.45, 7) is 0.761. The molecule has 0 amide bonds. The molecule has 1 fully saturated rings. The van der Waals surface area contributed by atoms with Crippen molar-refractivity contribution in [3.05, 3.63) is 71.8 Å². The minimum Gasteiger partial charge on any atom is -0.468 e. The second-order valence-corrected chi connectivity index (χ2v) is 5.43. The highest BCUT2D eigenvalue weighted by Gasteiger charge is 2.61. The third-order valence-corrected chi connectivity index (χ3v) is 3.94. The zero-order valence-corrected chi connectivity index (χ0v) is 12.5. The van der Waals surface area contributed by atoms with Crippen LogP contribution in [0.5, 0.6) is 0 Å². The lowest BCUT2D eigenvalue weighted by atomic mass is 10.0. The fourth-order valence-electron chi connectivity index (χ4n) is 2.68. The van der Waals surface area contributed by atoms with Crippen LogP contribution in [0.2, 0.25) is 0 Å². The molecule has 0 aliphatic carbocycles. The molecule has 0 unspecified atom stereocenters. The molecule has 4 heteroatoms. The lowest BCUT2D eigenvalue weighted by molar-refractivity contribution is -0.145. The number of carbonyl (C=O) groups is 1. The van der Waals surface area contributed by atoms with Gasteiger partial charge < -0.3 is 9.47 Å². The first-order valence-electron chi connectivity index (χ1n) is 7.29. The van der Waals surface area contributed by atoms with Crippen LogP contribution in [0.4, 0.5) is 0 Å².